The molecule has 0 aliphatic heterocycles. The molecular formula is C19H19FN6. The van der Waals surface area contributed by atoms with Crippen molar-refractivity contribution in [2.45, 2.75) is 27.3 Å². The van der Waals surface area contributed by atoms with Crippen LogP contribution in [0.3, 0.4) is 0 Å². The van der Waals surface area contributed by atoms with Crippen molar-refractivity contribution in [3.05, 3.63) is 48.3 Å². The van der Waals surface area contributed by atoms with Gasteiger partial charge in [-0.1, -0.05) is 13.8 Å². The zero-order valence-corrected chi connectivity index (χ0v) is 14.9. The Kier molecular flexibility index (Phi) is 3.99. The Labute approximate surface area is 150 Å². The highest BCUT2D eigenvalue weighted by Crippen LogP contribution is 2.34. The lowest BCUT2D eigenvalue weighted by molar-refractivity contribution is 0.484. The Balaban J connectivity index is 1.95. The number of H-pyrrole nitrogens is 1. The monoisotopic (exact) mass is 350 g/mol. The van der Waals surface area contributed by atoms with Crippen LogP contribution >= 0.6 is 0 Å². The molecular weight excluding hydrogens is 331 g/mol. The van der Waals surface area contributed by atoms with Gasteiger partial charge in [-0.15, -0.1) is 0 Å². The molecule has 1 N–H and O–H groups in total. The van der Waals surface area contributed by atoms with Crippen LogP contribution in [0.25, 0.3) is 33.5 Å². The molecule has 0 spiro atoms. The van der Waals surface area contributed by atoms with Crippen LogP contribution < -0.4 is 0 Å². The number of aromatic amines is 1. The summed E-state index contributed by atoms with van der Waals surface area (Å²) in [5.41, 5.74) is 4.88. The van der Waals surface area contributed by atoms with Crippen molar-refractivity contribution < 1.29 is 4.39 Å². The summed E-state index contributed by atoms with van der Waals surface area (Å²) in [7, 11) is 0. The second-order valence-electron chi connectivity index (χ2n) is 6.81. The first-order valence-electron chi connectivity index (χ1n) is 8.51. The molecule has 0 radical (unpaired) electrons. The third-order valence-electron chi connectivity index (χ3n) is 4.12. The highest BCUT2D eigenvalue weighted by atomic mass is 19.1. The van der Waals surface area contributed by atoms with E-state index in [0.717, 1.165) is 40.1 Å². The Hall–Kier alpha value is -3.09. The van der Waals surface area contributed by atoms with Crippen LogP contribution in [0, 0.1) is 18.7 Å². The molecule has 4 rings (SSSR count). The molecule has 0 amide bonds. The van der Waals surface area contributed by atoms with Gasteiger partial charge in [-0.05, 0) is 36.6 Å². The van der Waals surface area contributed by atoms with E-state index in [1.165, 1.54) is 12.3 Å². The van der Waals surface area contributed by atoms with Crippen LogP contribution in [0.5, 0.6) is 0 Å². The van der Waals surface area contributed by atoms with Gasteiger partial charge in [0.15, 0.2) is 5.65 Å². The van der Waals surface area contributed by atoms with E-state index < -0.39 is 0 Å². The molecule has 0 unspecified atom stereocenters. The molecule has 4 aromatic heterocycles. The Morgan fingerprint density at radius 2 is 2.04 bits per heavy atom. The van der Waals surface area contributed by atoms with Crippen LogP contribution in [-0.4, -0.2) is 29.9 Å². The van der Waals surface area contributed by atoms with Crippen LogP contribution in [0.1, 0.15) is 19.5 Å². The molecule has 0 saturated heterocycles. The average Bonchev–Trinajstić information content (AvgIpc) is 3.21. The third kappa shape index (κ3) is 2.96. The zero-order valence-electron chi connectivity index (χ0n) is 14.9. The number of rotatable bonds is 4. The number of aryl methyl sites for hydroxylation is 1. The fraction of sp³-hybridized carbons (Fsp3) is 0.263. The molecule has 0 saturated carbocycles. The SMILES string of the molecule is Cc1cc(-c2cn(CC(C)C)nc2-c2ccc(F)cn2)c2cn[nH]c2n1. The highest BCUT2D eigenvalue weighted by Gasteiger charge is 2.18. The van der Waals surface area contributed by atoms with Crippen molar-refractivity contribution >= 4 is 11.0 Å². The van der Waals surface area contributed by atoms with Crippen LogP contribution in [-0.2, 0) is 6.54 Å². The molecule has 6 nitrogen and oxygen atoms in total. The summed E-state index contributed by atoms with van der Waals surface area (Å²) < 4.78 is 15.2. The van der Waals surface area contributed by atoms with E-state index in [9.17, 15) is 4.39 Å². The molecule has 0 fully saturated rings. The van der Waals surface area contributed by atoms with Gasteiger partial charge in [-0.2, -0.15) is 10.2 Å². The fourth-order valence-corrected chi connectivity index (χ4v) is 3.07. The third-order valence-corrected chi connectivity index (χ3v) is 4.12. The summed E-state index contributed by atoms with van der Waals surface area (Å²) in [6.07, 6.45) is 4.99. The molecule has 0 aliphatic rings. The van der Waals surface area contributed by atoms with Gasteiger partial charge < -0.3 is 0 Å². The van der Waals surface area contributed by atoms with Gasteiger partial charge in [-0.3, -0.25) is 14.8 Å². The number of fused-ring (bicyclic) bond motifs is 1. The molecule has 0 bridgehead atoms. The molecule has 7 heteroatoms. The van der Waals surface area contributed by atoms with Gasteiger partial charge >= 0.3 is 0 Å². The van der Waals surface area contributed by atoms with Gasteiger partial charge in [-0.25, -0.2) is 9.37 Å². The fourth-order valence-electron chi connectivity index (χ4n) is 3.07. The number of nitrogens with one attached hydrogen (secondary N) is 1. The van der Waals surface area contributed by atoms with Gasteiger partial charge in [0.2, 0.25) is 0 Å². The second-order valence-corrected chi connectivity index (χ2v) is 6.81. The van der Waals surface area contributed by atoms with Crippen molar-refractivity contribution in [2.24, 2.45) is 5.92 Å². The largest absolute Gasteiger partial charge is 0.271 e. The summed E-state index contributed by atoms with van der Waals surface area (Å²) in [6, 6.07) is 5.07. The first kappa shape index (κ1) is 16.4. The van der Waals surface area contributed by atoms with E-state index in [-0.39, 0.29) is 5.82 Å². The lowest BCUT2D eigenvalue weighted by Crippen LogP contribution is -2.04. The number of hydrogen-bond acceptors (Lipinski definition) is 4. The number of pyridine rings is 2. The maximum Gasteiger partial charge on any atom is 0.155 e. The van der Waals surface area contributed by atoms with E-state index in [1.807, 2.05) is 23.9 Å². The summed E-state index contributed by atoms with van der Waals surface area (Å²) >= 11 is 0. The molecule has 26 heavy (non-hydrogen) atoms. The molecule has 0 aliphatic carbocycles. The van der Waals surface area contributed by atoms with Gasteiger partial charge in [0.1, 0.15) is 11.5 Å². The normalized spacial score (nSPS) is 11.6. The minimum Gasteiger partial charge on any atom is -0.271 e. The molecule has 132 valence electrons. The zero-order chi connectivity index (χ0) is 18.3. The predicted octanol–water partition coefficient (Wildman–Crippen LogP) is 3.99. The van der Waals surface area contributed by atoms with E-state index in [2.05, 4.69) is 34.0 Å². The van der Waals surface area contributed by atoms with Crippen LogP contribution in [0.4, 0.5) is 4.39 Å². The van der Waals surface area contributed by atoms with Gasteiger partial charge in [0.05, 0.1) is 18.1 Å². The highest BCUT2D eigenvalue weighted by molar-refractivity contribution is 5.96. The van der Waals surface area contributed by atoms with Crippen LogP contribution in [0.2, 0.25) is 0 Å². The first-order chi connectivity index (χ1) is 12.5. The summed E-state index contributed by atoms with van der Waals surface area (Å²) in [4.78, 5) is 8.71. The number of nitrogens with zero attached hydrogens (tertiary/aromatic N) is 5. The van der Waals surface area contributed by atoms with E-state index >= 15 is 0 Å². The number of hydrogen-bond donors (Lipinski definition) is 1. The molecule has 4 heterocycles. The maximum absolute atomic E-state index is 13.3. The Morgan fingerprint density at radius 3 is 2.77 bits per heavy atom. The van der Waals surface area contributed by atoms with Crippen molar-refractivity contribution in [2.75, 3.05) is 0 Å². The van der Waals surface area contributed by atoms with Gasteiger partial charge in [0, 0.05) is 29.4 Å². The van der Waals surface area contributed by atoms with E-state index in [1.54, 1.807) is 12.3 Å². The van der Waals surface area contributed by atoms with Gasteiger partial charge in [0.25, 0.3) is 0 Å². The molecule has 0 aromatic carbocycles. The van der Waals surface area contributed by atoms with Crippen LogP contribution in [0.15, 0.2) is 36.8 Å². The summed E-state index contributed by atoms with van der Waals surface area (Å²) in [5, 5.41) is 12.7. The molecule has 0 atom stereocenters. The van der Waals surface area contributed by atoms with E-state index in [4.69, 9.17) is 5.10 Å². The minimum absolute atomic E-state index is 0.367. The lowest BCUT2D eigenvalue weighted by Gasteiger charge is -2.05. The molecule has 4 aromatic rings. The topological polar surface area (TPSA) is 72.3 Å². The first-order valence-corrected chi connectivity index (χ1v) is 8.51. The Bertz CT molecular complexity index is 1060. The summed E-state index contributed by atoms with van der Waals surface area (Å²) in [6.45, 7) is 7.01. The predicted molar refractivity (Wildman–Crippen MR) is 97.9 cm³/mol. The smallest absolute Gasteiger partial charge is 0.155 e. The van der Waals surface area contributed by atoms with Crippen molar-refractivity contribution in [3.8, 4) is 22.5 Å². The second kappa shape index (κ2) is 6.33. The van der Waals surface area contributed by atoms with Crippen molar-refractivity contribution in [3.63, 3.8) is 0 Å². The number of halogens is 1. The van der Waals surface area contributed by atoms with Crippen molar-refractivity contribution in [1.29, 1.82) is 0 Å². The van der Waals surface area contributed by atoms with Crippen molar-refractivity contribution in [1.82, 2.24) is 29.9 Å². The van der Waals surface area contributed by atoms with E-state index in [0.29, 0.717) is 11.6 Å². The summed E-state index contributed by atoms with van der Waals surface area (Å²) in [5.74, 6) is 0.0822. The quantitative estimate of drug-likeness (QED) is 0.604. The maximum atomic E-state index is 13.3. The number of aromatic nitrogens is 6. The lowest BCUT2D eigenvalue weighted by atomic mass is 10.0. The Morgan fingerprint density at radius 1 is 1.19 bits per heavy atom. The minimum atomic E-state index is -0.367. The standard InChI is InChI=1S/C19H19FN6/c1-11(2)9-26-10-16(18(25-26)17-5-4-13(20)7-21-17)14-6-12(3)23-19-15(14)8-22-24-19/h4-8,10-11H,9H2,1-3H3,(H,22,23,24). The average molecular weight is 350 g/mol.